The van der Waals surface area contributed by atoms with E-state index in [0.29, 0.717) is 153 Å². The van der Waals surface area contributed by atoms with Crippen LogP contribution in [0, 0.1) is 61.3 Å². The van der Waals surface area contributed by atoms with Gasteiger partial charge in [0.2, 0.25) is 23.8 Å². The first-order valence-corrected chi connectivity index (χ1v) is 44.2. The highest BCUT2D eigenvalue weighted by Crippen LogP contribution is 2.48. The molecule has 0 aliphatic heterocycles. The van der Waals surface area contributed by atoms with Crippen LogP contribution in [0.1, 0.15) is 139 Å². The number of nitrogen functional groups attached to an aromatic ring is 1. The SMILES string of the molecule is Cc1noc(C)c1-c1cc(C(O)(c2ccccn2)c2ccccn2)c2nc(N)[nH]c2c1.Cc1noc(C)c1-c1cc(C(O)(c2ccccn2)c2ccccn2)c2nc(NC(=O)C3CC3)[nH]c2c1.Cc1noc(C)c1-c1cc(C(O)(c2ccccn2)c2ccccn2)c2nc(NC(=O)N(C)C)[nH]c2c1.Cc1noc(C)c1-c1cc(C(O)(c2ccccn2)c2ccccn2)c2nc(NC3CC3)[nH]c2c1. The summed E-state index contributed by atoms with van der Waals surface area (Å²) < 4.78 is 21.7. The molecule has 0 spiro atoms. The first kappa shape index (κ1) is 89.2. The van der Waals surface area contributed by atoms with E-state index in [1.165, 1.54) is 4.90 Å². The van der Waals surface area contributed by atoms with Gasteiger partial charge in [-0.2, -0.15) is 0 Å². The maximum atomic E-state index is 12.5. The molecule has 35 nitrogen and oxygen atoms in total. The predicted octanol–water partition coefficient (Wildman–Crippen LogP) is 16.2. The van der Waals surface area contributed by atoms with E-state index in [-0.39, 0.29) is 29.8 Å². The number of pyridine rings is 8. The average molecular weight is 1830 g/mol. The Hall–Kier alpha value is -17.0. The number of H-pyrrole nitrogens is 4. The Labute approximate surface area is 782 Å². The summed E-state index contributed by atoms with van der Waals surface area (Å²) in [5, 5.41) is 75.1. The Kier molecular flexibility index (Phi) is 23.8. The molecule has 2 aliphatic carbocycles. The highest BCUT2D eigenvalue weighted by atomic mass is 16.5. The standard InChI is InChI=1S/C27H24N6O3.C26H25N7O3.C26H24N6O2.C23H20N6O2/c1-15-23(16(2)36-33-15)18-13-19(24-20(14-18)30-26(31-24)32-25(34)17-9-10-17)27(35,21-7-3-5-11-28-21)22-8-4-6-12-29-22;1-15-22(16(2)36-32-15)17-13-18(23-19(14-17)29-24(30-23)31-25(34)33(3)4)26(35,20-9-5-7-11-27-20)21-10-6-8-12-28-21;1-15-23(16(2)34-32-15)17-13-19(24-20(14-17)30-25(31-24)29-18-9-10-18)26(33,21-7-3-5-11-27-21)22-8-4-6-12-28-22;1-13-20(14(2)31-29-13)15-11-16(21-17(12-15)27-22(24)28-21)23(30,18-7-3-5-9-25-18)19-8-4-6-10-26-19/h3-8,11-14,17,35H,9-10H2,1-2H3,(H2,30,31,32,34);5-14,35H,1-4H3,(H2,29,30,31,34);3-8,11-14,18,33H,9-10H2,1-2H3,(H2,29,30,31);3-12,30H,1-2H3,(H3,24,27,28). The number of hydrogen-bond donors (Lipinski definition) is 12. The second-order valence-electron chi connectivity index (χ2n) is 33.9. The molecule has 16 aromatic heterocycles. The van der Waals surface area contributed by atoms with Crippen LogP contribution in [-0.4, -0.2) is 158 Å². The van der Waals surface area contributed by atoms with Gasteiger partial charge >= 0.3 is 6.03 Å². The van der Waals surface area contributed by atoms with Gasteiger partial charge in [0.1, 0.15) is 23.0 Å². The third-order valence-electron chi connectivity index (χ3n) is 24.2. The number of aryl methyl sites for hydroxylation is 8. The molecule has 13 N–H and O–H groups in total. The number of rotatable bonds is 21. The Morgan fingerprint density at radius 2 is 0.606 bits per heavy atom. The van der Waals surface area contributed by atoms with Gasteiger partial charge in [-0.1, -0.05) is 69.2 Å². The lowest BCUT2D eigenvalue weighted by Crippen LogP contribution is -2.31. The zero-order valence-corrected chi connectivity index (χ0v) is 76.0. The number of nitrogens with two attached hydrogens (primary N) is 1. The van der Waals surface area contributed by atoms with Crippen molar-refractivity contribution in [1.82, 2.24) is 105 Å². The van der Waals surface area contributed by atoms with E-state index in [4.69, 9.17) is 33.8 Å². The molecule has 137 heavy (non-hydrogen) atoms. The van der Waals surface area contributed by atoms with E-state index in [1.807, 2.05) is 152 Å². The minimum Gasteiger partial charge on any atom is -0.373 e. The van der Waals surface area contributed by atoms with Gasteiger partial charge in [-0.05, 0) is 249 Å². The first-order chi connectivity index (χ1) is 66.2. The number of imidazole rings is 4. The summed E-state index contributed by atoms with van der Waals surface area (Å²) >= 11 is 0. The summed E-state index contributed by atoms with van der Waals surface area (Å²) in [5.74, 6) is 4.12. The molecule has 0 atom stereocenters. The highest BCUT2D eigenvalue weighted by Gasteiger charge is 2.45. The van der Waals surface area contributed by atoms with E-state index in [2.05, 4.69) is 106 Å². The topological polar surface area (TPSA) is 502 Å². The number of amides is 3. The van der Waals surface area contributed by atoms with Crippen molar-refractivity contribution in [2.24, 2.45) is 5.92 Å². The Bertz CT molecular complexity index is 7330. The van der Waals surface area contributed by atoms with Crippen LogP contribution < -0.4 is 21.7 Å². The van der Waals surface area contributed by atoms with Gasteiger partial charge in [-0.25, -0.2) is 24.7 Å². The second-order valence-corrected chi connectivity index (χ2v) is 33.9. The van der Waals surface area contributed by atoms with Crippen molar-refractivity contribution in [3.05, 3.63) is 357 Å². The number of aromatic nitrogens is 20. The average Bonchev–Trinajstić information content (AvgIpc) is 1.69. The normalized spacial score (nSPS) is 12.8. The molecule has 22 rings (SSSR count). The van der Waals surface area contributed by atoms with Gasteiger partial charge in [-0.3, -0.25) is 55.3 Å². The molecule has 16 heterocycles. The van der Waals surface area contributed by atoms with Crippen molar-refractivity contribution in [3.8, 4) is 44.5 Å². The number of aromatic amines is 4. The maximum absolute atomic E-state index is 12.5. The van der Waals surface area contributed by atoms with Crippen LogP contribution in [0.2, 0.25) is 0 Å². The van der Waals surface area contributed by atoms with E-state index >= 15 is 0 Å². The largest absolute Gasteiger partial charge is 0.373 e. The third-order valence-corrected chi connectivity index (χ3v) is 24.2. The molecular formula is C102H93N25O10. The molecule has 4 aromatic carbocycles. The smallest absolute Gasteiger partial charge is 0.323 e. The summed E-state index contributed by atoms with van der Waals surface area (Å²) in [5.41, 5.74) is 18.9. The van der Waals surface area contributed by atoms with Gasteiger partial charge < -0.3 is 74.4 Å². The molecule has 0 bridgehead atoms. The first-order valence-electron chi connectivity index (χ1n) is 44.2. The van der Waals surface area contributed by atoms with Crippen LogP contribution in [0.15, 0.2) is 262 Å². The number of carbonyl (C=O) groups excluding carboxylic acids is 2. The Balaban J connectivity index is 0.000000117. The number of aliphatic hydroxyl groups is 4. The monoisotopic (exact) mass is 1830 g/mol. The summed E-state index contributed by atoms with van der Waals surface area (Å²) in [6.45, 7) is 14.9. The number of nitrogens with one attached hydrogen (secondary N) is 7. The zero-order valence-electron chi connectivity index (χ0n) is 76.0. The number of urea groups is 1. The van der Waals surface area contributed by atoms with Crippen LogP contribution in [0.3, 0.4) is 0 Å². The van der Waals surface area contributed by atoms with Crippen LogP contribution >= 0.6 is 0 Å². The molecule has 35 heteroatoms. The fraction of sp³-hybridized carbons (Fsp3) is 0.196. The molecule has 0 saturated heterocycles. The van der Waals surface area contributed by atoms with E-state index in [1.54, 1.807) is 161 Å². The minimum atomic E-state index is -1.76. The van der Waals surface area contributed by atoms with Crippen molar-refractivity contribution in [2.45, 2.75) is 110 Å². The van der Waals surface area contributed by atoms with Crippen molar-refractivity contribution in [3.63, 3.8) is 0 Å². The van der Waals surface area contributed by atoms with Gasteiger partial charge in [0, 0.05) is 120 Å². The lowest BCUT2D eigenvalue weighted by molar-refractivity contribution is -0.117. The zero-order chi connectivity index (χ0) is 95.2. The lowest BCUT2D eigenvalue weighted by Gasteiger charge is -2.28. The number of fused-ring (bicyclic) bond motifs is 4. The summed E-state index contributed by atoms with van der Waals surface area (Å²) in [4.78, 5) is 93.6. The number of nitrogens with zero attached hydrogens (tertiary/aromatic N) is 17. The molecular weight excluding hydrogens is 1740 g/mol. The van der Waals surface area contributed by atoms with E-state index in [9.17, 15) is 30.0 Å². The van der Waals surface area contributed by atoms with Gasteiger partial charge in [0.05, 0.1) is 112 Å². The number of benzene rings is 4. The number of anilines is 4. The number of hydrogen-bond acceptors (Lipinski definition) is 28. The fourth-order valence-electron chi connectivity index (χ4n) is 17.4. The van der Waals surface area contributed by atoms with Crippen molar-refractivity contribution >= 4 is 79.9 Å². The highest BCUT2D eigenvalue weighted by molar-refractivity contribution is 5.97. The lowest BCUT2D eigenvalue weighted by atomic mass is 9.83. The van der Waals surface area contributed by atoms with Gasteiger partial charge in [0.15, 0.2) is 28.4 Å². The molecule has 686 valence electrons. The predicted molar refractivity (Wildman–Crippen MR) is 512 cm³/mol. The van der Waals surface area contributed by atoms with Crippen molar-refractivity contribution in [1.29, 1.82) is 0 Å². The van der Waals surface area contributed by atoms with Crippen LogP contribution in [0.25, 0.3) is 88.6 Å². The number of carbonyl (C=O) groups is 2. The fourth-order valence-corrected chi connectivity index (χ4v) is 17.4. The van der Waals surface area contributed by atoms with Crippen molar-refractivity contribution in [2.75, 3.05) is 35.8 Å². The van der Waals surface area contributed by atoms with Crippen LogP contribution in [0.4, 0.5) is 28.6 Å². The van der Waals surface area contributed by atoms with Crippen LogP contribution in [0.5, 0.6) is 0 Å². The summed E-state index contributed by atoms with van der Waals surface area (Å²) in [7, 11) is 3.28. The summed E-state index contributed by atoms with van der Waals surface area (Å²) in [6, 6.07) is 58.5. The molecule has 3 amide bonds. The molecule has 2 aliphatic rings. The van der Waals surface area contributed by atoms with Crippen LogP contribution in [-0.2, 0) is 27.2 Å². The summed E-state index contributed by atoms with van der Waals surface area (Å²) in [6.07, 6.45) is 17.1. The molecule has 20 aromatic rings. The Morgan fingerprint density at radius 1 is 0.350 bits per heavy atom. The van der Waals surface area contributed by atoms with E-state index in [0.717, 1.165) is 92.8 Å². The minimum absolute atomic E-state index is 0.0227. The second kappa shape index (κ2) is 36.5. The quantitative estimate of drug-likeness (QED) is 0.0318. The van der Waals surface area contributed by atoms with Gasteiger partial charge in [-0.15, -0.1) is 0 Å². The van der Waals surface area contributed by atoms with Crippen molar-refractivity contribution < 1.29 is 48.1 Å². The Morgan fingerprint density at radius 3 is 0.847 bits per heavy atom. The molecule has 2 saturated carbocycles. The van der Waals surface area contributed by atoms with Gasteiger partial charge in [0.25, 0.3) is 0 Å². The van der Waals surface area contributed by atoms with E-state index < -0.39 is 22.4 Å². The maximum Gasteiger partial charge on any atom is 0.323 e. The molecule has 0 unspecified atom stereocenters. The third kappa shape index (κ3) is 17.1. The molecule has 0 radical (unpaired) electrons. The molecule has 2 fully saturated rings.